The molecule has 0 aliphatic carbocycles. The lowest BCUT2D eigenvalue weighted by molar-refractivity contribution is 0.447. The summed E-state index contributed by atoms with van der Waals surface area (Å²) in [6.07, 6.45) is 4.35. The number of nitrogens with zero attached hydrogens (tertiary/aromatic N) is 3. The van der Waals surface area contributed by atoms with E-state index in [1.165, 1.54) is 18.5 Å². The molecule has 2 aromatic heterocycles. The summed E-state index contributed by atoms with van der Waals surface area (Å²) in [6, 6.07) is 2.11. The first kappa shape index (κ1) is 13.1. The lowest BCUT2D eigenvalue weighted by atomic mass is 9.96. The third-order valence-electron chi connectivity index (χ3n) is 3.78. The first-order valence-corrected chi connectivity index (χ1v) is 7.71. The number of piperidine rings is 1. The fourth-order valence-electron chi connectivity index (χ4n) is 2.73. The fourth-order valence-corrected chi connectivity index (χ4v) is 3.54. The van der Waals surface area contributed by atoms with Gasteiger partial charge in [-0.25, -0.2) is 9.50 Å². The highest BCUT2D eigenvalue weighted by Crippen LogP contribution is 2.30. The number of hydrogen-bond acceptors (Lipinski definition) is 3. The van der Waals surface area contributed by atoms with Crippen molar-refractivity contribution in [3.05, 3.63) is 28.1 Å². The SMILES string of the molecule is CC(C)c1nn2c(C3CCCNC3)ccnc2c1Br. The van der Waals surface area contributed by atoms with Crippen LogP contribution in [0.25, 0.3) is 5.65 Å². The van der Waals surface area contributed by atoms with Crippen molar-refractivity contribution in [2.45, 2.75) is 38.5 Å². The number of hydrogen-bond donors (Lipinski definition) is 1. The molecule has 0 radical (unpaired) electrons. The van der Waals surface area contributed by atoms with Gasteiger partial charge in [-0.15, -0.1) is 0 Å². The quantitative estimate of drug-likeness (QED) is 0.923. The van der Waals surface area contributed by atoms with E-state index < -0.39 is 0 Å². The van der Waals surface area contributed by atoms with Crippen molar-refractivity contribution >= 4 is 21.6 Å². The topological polar surface area (TPSA) is 42.2 Å². The predicted octanol–water partition coefficient (Wildman–Crippen LogP) is 3.08. The Morgan fingerprint density at radius 3 is 3.00 bits per heavy atom. The average Bonchev–Trinajstić information content (AvgIpc) is 2.78. The molecule has 1 aliphatic heterocycles. The van der Waals surface area contributed by atoms with Gasteiger partial charge in [0.25, 0.3) is 0 Å². The van der Waals surface area contributed by atoms with E-state index in [4.69, 9.17) is 5.10 Å². The van der Waals surface area contributed by atoms with Crippen LogP contribution in [0.15, 0.2) is 16.7 Å². The molecule has 0 spiro atoms. The minimum atomic E-state index is 0.397. The van der Waals surface area contributed by atoms with Crippen molar-refractivity contribution < 1.29 is 0 Å². The number of rotatable bonds is 2. The number of nitrogens with one attached hydrogen (secondary N) is 1. The van der Waals surface area contributed by atoms with E-state index >= 15 is 0 Å². The summed E-state index contributed by atoms with van der Waals surface area (Å²) in [5.74, 6) is 0.930. The number of halogens is 1. The zero-order valence-corrected chi connectivity index (χ0v) is 12.9. The van der Waals surface area contributed by atoms with E-state index in [1.807, 2.05) is 10.7 Å². The van der Waals surface area contributed by atoms with Gasteiger partial charge in [0.05, 0.1) is 15.9 Å². The maximum Gasteiger partial charge on any atom is 0.169 e. The molecule has 1 unspecified atom stereocenters. The second-order valence-corrected chi connectivity index (χ2v) is 6.30. The summed E-state index contributed by atoms with van der Waals surface area (Å²) in [7, 11) is 0. The molecule has 0 bridgehead atoms. The van der Waals surface area contributed by atoms with Gasteiger partial charge < -0.3 is 5.32 Å². The summed E-state index contributed by atoms with van der Waals surface area (Å²) in [4.78, 5) is 4.47. The number of aromatic nitrogens is 3. The normalized spacial score (nSPS) is 20.3. The Balaban J connectivity index is 2.12. The molecule has 1 saturated heterocycles. The van der Waals surface area contributed by atoms with Crippen LogP contribution in [0.2, 0.25) is 0 Å². The van der Waals surface area contributed by atoms with Gasteiger partial charge in [0.15, 0.2) is 5.65 Å². The Kier molecular flexibility index (Phi) is 3.58. The molecule has 3 rings (SSSR count). The van der Waals surface area contributed by atoms with E-state index in [2.05, 4.69) is 46.1 Å². The number of fused-ring (bicyclic) bond motifs is 1. The van der Waals surface area contributed by atoms with Crippen molar-refractivity contribution in [3.8, 4) is 0 Å². The summed E-state index contributed by atoms with van der Waals surface area (Å²) in [5, 5.41) is 8.24. The average molecular weight is 323 g/mol. The monoisotopic (exact) mass is 322 g/mol. The van der Waals surface area contributed by atoms with E-state index in [0.717, 1.165) is 28.9 Å². The minimum absolute atomic E-state index is 0.397. The molecular formula is C14H19BrN4. The summed E-state index contributed by atoms with van der Waals surface area (Å²) in [6.45, 7) is 6.49. The van der Waals surface area contributed by atoms with E-state index in [-0.39, 0.29) is 0 Å². The molecule has 1 N–H and O–H groups in total. The van der Waals surface area contributed by atoms with Crippen LogP contribution in [0, 0.1) is 0 Å². The second-order valence-electron chi connectivity index (χ2n) is 5.50. The highest BCUT2D eigenvalue weighted by molar-refractivity contribution is 9.10. The Bertz CT molecular complexity index is 584. The lowest BCUT2D eigenvalue weighted by Crippen LogP contribution is -2.29. The largest absolute Gasteiger partial charge is 0.316 e. The lowest BCUT2D eigenvalue weighted by Gasteiger charge is -2.23. The van der Waals surface area contributed by atoms with Crippen LogP contribution in [0.3, 0.4) is 0 Å². The fraction of sp³-hybridized carbons (Fsp3) is 0.571. The van der Waals surface area contributed by atoms with Gasteiger partial charge in [0, 0.05) is 18.7 Å². The van der Waals surface area contributed by atoms with Crippen molar-refractivity contribution in [1.29, 1.82) is 0 Å². The summed E-state index contributed by atoms with van der Waals surface area (Å²) in [5.41, 5.74) is 3.29. The van der Waals surface area contributed by atoms with E-state index in [1.54, 1.807) is 0 Å². The second kappa shape index (κ2) is 5.21. The third kappa shape index (κ3) is 2.30. The van der Waals surface area contributed by atoms with Gasteiger partial charge in [-0.1, -0.05) is 13.8 Å². The summed E-state index contributed by atoms with van der Waals surface area (Å²) >= 11 is 3.65. The maximum atomic E-state index is 4.77. The standard InChI is InChI=1S/C14H19BrN4/c1-9(2)13-12(15)14-17-7-5-11(19(14)18-13)10-4-3-6-16-8-10/h5,7,9-10,16H,3-4,6,8H2,1-2H3. The molecule has 1 fully saturated rings. The van der Waals surface area contributed by atoms with Crippen LogP contribution in [0.5, 0.6) is 0 Å². The first-order valence-electron chi connectivity index (χ1n) is 6.92. The van der Waals surface area contributed by atoms with Crippen molar-refractivity contribution in [2.75, 3.05) is 13.1 Å². The van der Waals surface area contributed by atoms with Crippen LogP contribution >= 0.6 is 15.9 Å². The molecule has 102 valence electrons. The Morgan fingerprint density at radius 1 is 1.47 bits per heavy atom. The van der Waals surface area contributed by atoms with Crippen LogP contribution < -0.4 is 5.32 Å². The molecule has 3 heterocycles. The van der Waals surface area contributed by atoms with Crippen molar-refractivity contribution in [2.24, 2.45) is 0 Å². The zero-order valence-electron chi connectivity index (χ0n) is 11.4. The maximum absolute atomic E-state index is 4.77. The van der Waals surface area contributed by atoms with Gasteiger partial charge in [-0.2, -0.15) is 5.10 Å². The first-order chi connectivity index (χ1) is 9.18. The van der Waals surface area contributed by atoms with Gasteiger partial charge in [0.2, 0.25) is 0 Å². The van der Waals surface area contributed by atoms with Gasteiger partial charge in [-0.05, 0) is 47.3 Å². The molecule has 2 aromatic rings. The molecule has 1 atom stereocenters. The van der Waals surface area contributed by atoms with Gasteiger partial charge in [0.1, 0.15) is 0 Å². The predicted molar refractivity (Wildman–Crippen MR) is 79.6 cm³/mol. The van der Waals surface area contributed by atoms with Gasteiger partial charge >= 0.3 is 0 Å². The zero-order chi connectivity index (χ0) is 13.4. The van der Waals surface area contributed by atoms with Crippen LogP contribution in [-0.4, -0.2) is 27.7 Å². The molecule has 4 nitrogen and oxygen atoms in total. The van der Waals surface area contributed by atoms with Crippen molar-refractivity contribution in [3.63, 3.8) is 0 Å². The Morgan fingerprint density at radius 2 is 2.32 bits per heavy atom. The molecule has 1 aliphatic rings. The summed E-state index contributed by atoms with van der Waals surface area (Å²) < 4.78 is 3.06. The third-order valence-corrected chi connectivity index (χ3v) is 4.54. The Labute approximate surface area is 121 Å². The molecule has 0 amide bonds. The van der Waals surface area contributed by atoms with Crippen LogP contribution in [-0.2, 0) is 0 Å². The molecular weight excluding hydrogens is 304 g/mol. The highest BCUT2D eigenvalue weighted by Gasteiger charge is 2.21. The van der Waals surface area contributed by atoms with E-state index in [0.29, 0.717) is 11.8 Å². The van der Waals surface area contributed by atoms with E-state index in [9.17, 15) is 0 Å². The smallest absolute Gasteiger partial charge is 0.169 e. The molecule has 0 saturated carbocycles. The van der Waals surface area contributed by atoms with Gasteiger partial charge in [-0.3, -0.25) is 0 Å². The van der Waals surface area contributed by atoms with Crippen LogP contribution in [0.1, 0.15) is 49.9 Å². The highest BCUT2D eigenvalue weighted by atomic mass is 79.9. The molecule has 5 heteroatoms. The molecule has 0 aromatic carbocycles. The van der Waals surface area contributed by atoms with Crippen molar-refractivity contribution in [1.82, 2.24) is 19.9 Å². The van der Waals surface area contributed by atoms with Crippen LogP contribution in [0.4, 0.5) is 0 Å². The minimum Gasteiger partial charge on any atom is -0.316 e. The molecule has 19 heavy (non-hydrogen) atoms. The Hall–Kier alpha value is -0.940.